The molecule has 116 valence electrons. The monoisotopic (exact) mass is 303 g/mol. The first kappa shape index (κ1) is 15.4. The minimum atomic E-state index is -4.57. The SMILES string of the molecule is COC1CCN(c2ccc(C(F)(F)F)c(/C(N)=N/O)c2)C1. The molecule has 1 heterocycles. The number of halogens is 3. The van der Waals surface area contributed by atoms with Crippen LogP contribution in [0.4, 0.5) is 18.9 Å². The van der Waals surface area contributed by atoms with E-state index in [4.69, 9.17) is 15.7 Å². The summed E-state index contributed by atoms with van der Waals surface area (Å²) in [6.45, 7) is 1.27. The summed E-state index contributed by atoms with van der Waals surface area (Å²) in [5, 5.41) is 11.4. The standard InChI is InChI=1S/C13H16F3N3O2/c1-21-9-4-5-19(7-9)8-2-3-11(13(14,15)16)10(6-8)12(17)18-20/h2-3,6,9,20H,4-5,7H2,1H3,(H2,17,18). The number of amidine groups is 1. The maximum atomic E-state index is 12.9. The molecule has 0 spiro atoms. The zero-order chi connectivity index (χ0) is 15.6. The first-order valence-corrected chi connectivity index (χ1v) is 6.33. The van der Waals surface area contributed by atoms with Crippen molar-refractivity contribution in [1.29, 1.82) is 0 Å². The predicted octanol–water partition coefficient (Wildman–Crippen LogP) is 2.03. The zero-order valence-corrected chi connectivity index (χ0v) is 11.4. The number of oxime groups is 1. The fraction of sp³-hybridized carbons (Fsp3) is 0.462. The molecule has 0 aromatic heterocycles. The Bertz CT molecular complexity index is 546. The average Bonchev–Trinajstić information content (AvgIpc) is 2.93. The highest BCUT2D eigenvalue weighted by Crippen LogP contribution is 2.34. The Kier molecular flexibility index (Phi) is 4.26. The van der Waals surface area contributed by atoms with Crippen molar-refractivity contribution in [3.8, 4) is 0 Å². The first-order valence-electron chi connectivity index (χ1n) is 6.33. The summed E-state index contributed by atoms with van der Waals surface area (Å²) in [5.74, 6) is -0.563. The molecule has 5 nitrogen and oxygen atoms in total. The molecule has 8 heteroatoms. The third kappa shape index (κ3) is 3.21. The minimum absolute atomic E-state index is 0.0552. The summed E-state index contributed by atoms with van der Waals surface area (Å²) in [4.78, 5) is 1.91. The number of hydrogen-bond acceptors (Lipinski definition) is 4. The maximum absolute atomic E-state index is 12.9. The Hall–Kier alpha value is -1.96. The minimum Gasteiger partial charge on any atom is -0.409 e. The van der Waals surface area contributed by atoms with Gasteiger partial charge in [-0.05, 0) is 24.6 Å². The summed E-state index contributed by atoms with van der Waals surface area (Å²) in [6, 6.07) is 3.62. The van der Waals surface area contributed by atoms with Gasteiger partial charge in [-0.1, -0.05) is 5.16 Å². The molecule has 0 amide bonds. The summed E-state index contributed by atoms with van der Waals surface area (Å²) < 4.78 is 44.1. The Labute approximate surface area is 119 Å². The smallest absolute Gasteiger partial charge is 0.409 e. The molecule has 2 rings (SSSR count). The van der Waals surface area contributed by atoms with Crippen molar-refractivity contribution in [2.24, 2.45) is 10.9 Å². The zero-order valence-electron chi connectivity index (χ0n) is 11.4. The number of benzene rings is 1. The third-order valence-electron chi connectivity index (χ3n) is 3.54. The van der Waals surface area contributed by atoms with Crippen molar-refractivity contribution in [3.63, 3.8) is 0 Å². The molecule has 1 fully saturated rings. The molecule has 1 aliphatic rings. The molecular weight excluding hydrogens is 287 g/mol. The van der Waals surface area contributed by atoms with E-state index in [1.807, 2.05) is 4.90 Å². The number of nitrogens with zero attached hydrogens (tertiary/aromatic N) is 2. The largest absolute Gasteiger partial charge is 0.417 e. The highest BCUT2D eigenvalue weighted by Gasteiger charge is 2.35. The van der Waals surface area contributed by atoms with Gasteiger partial charge >= 0.3 is 6.18 Å². The normalized spacial score (nSPS) is 20.1. The van der Waals surface area contributed by atoms with Crippen molar-refractivity contribution in [3.05, 3.63) is 29.3 Å². The summed E-state index contributed by atoms with van der Waals surface area (Å²) in [5.41, 5.74) is 4.70. The Morgan fingerprint density at radius 2 is 2.19 bits per heavy atom. The van der Waals surface area contributed by atoms with Crippen LogP contribution in [0.1, 0.15) is 17.5 Å². The lowest BCUT2D eigenvalue weighted by atomic mass is 10.0. The number of hydrogen-bond donors (Lipinski definition) is 2. The number of ether oxygens (including phenoxy) is 1. The number of methoxy groups -OCH3 is 1. The van der Waals surface area contributed by atoms with Crippen LogP contribution < -0.4 is 10.6 Å². The van der Waals surface area contributed by atoms with E-state index in [-0.39, 0.29) is 11.7 Å². The quantitative estimate of drug-likeness (QED) is 0.388. The third-order valence-corrected chi connectivity index (χ3v) is 3.54. The van der Waals surface area contributed by atoms with Gasteiger partial charge in [0.05, 0.1) is 11.7 Å². The Morgan fingerprint density at radius 3 is 2.71 bits per heavy atom. The molecule has 21 heavy (non-hydrogen) atoms. The highest BCUT2D eigenvalue weighted by molar-refractivity contribution is 5.99. The Balaban J connectivity index is 2.39. The Morgan fingerprint density at radius 1 is 1.48 bits per heavy atom. The molecule has 1 atom stereocenters. The number of alkyl halides is 3. The maximum Gasteiger partial charge on any atom is 0.417 e. The van der Waals surface area contributed by atoms with Crippen molar-refractivity contribution in [2.75, 3.05) is 25.1 Å². The van der Waals surface area contributed by atoms with Crippen LogP contribution in [0.3, 0.4) is 0 Å². The molecule has 1 unspecified atom stereocenters. The van der Waals surface area contributed by atoms with Crippen molar-refractivity contribution < 1.29 is 23.1 Å². The van der Waals surface area contributed by atoms with E-state index in [0.29, 0.717) is 18.8 Å². The van der Waals surface area contributed by atoms with Gasteiger partial charge in [-0.25, -0.2) is 0 Å². The fourth-order valence-electron chi connectivity index (χ4n) is 2.40. The van der Waals surface area contributed by atoms with Gasteiger partial charge in [0.25, 0.3) is 0 Å². The van der Waals surface area contributed by atoms with Gasteiger partial charge in [0.1, 0.15) is 0 Å². The van der Waals surface area contributed by atoms with Crippen LogP contribution in [0.25, 0.3) is 0 Å². The van der Waals surface area contributed by atoms with Crippen molar-refractivity contribution in [1.82, 2.24) is 0 Å². The number of rotatable bonds is 3. The van der Waals surface area contributed by atoms with E-state index in [1.54, 1.807) is 7.11 Å². The number of nitrogens with two attached hydrogens (primary N) is 1. The molecule has 0 bridgehead atoms. The van der Waals surface area contributed by atoms with Crippen LogP contribution in [0.2, 0.25) is 0 Å². The van der Waals surface area contributed by atoms with Crippen molar-refractivity contribution >= 4 is 11.5 Å². The van der Waals surface area contributed by atoms with Gasteiger partial charge in [-0.15, -0.1) is 0 Å². The van der Waals surface area contributed by atoms with Crippen LogP contribution >= 0.6 is 0 Å². The van der Waals surface area contributed by atoms with E-state index in [2.05, 4.69) is 5.16 Å². The fourth-order valence-corrected chi connectivity index (χ4v) is 2.40. The van der Waals surface area contributed by atoms with Crippen LogP contribution in [-0.2, 0) is 10.9 Å². The second-order valence-corrected chi connectivity index (χ2v) is 4.81. The molecule has 0 radical (unpaired) electrons. The summed E-state index contributed by atoms with van der Waals surface area (Å²) in [7, 11) is 1.60. The molecule has 1 aromatic rings. The van der Waals surface area contributed by atoms with Crippen LogP contribution in [0, 0.1) is 0 Å². The van der Waals surface area contributed by atoms with Crippen LogP contribution in [0.15, 0.2) is 23.4 Å². The van der Waals surface area contributed by atoms with Gasteiger partial charge in [0, 0.05) is 31.5 Å². The lowest BCUT2D eigenvalue weighted by molar-refractivity contribution is -0.137. The molecule has 1 saturated heterocycles. The molecule has 1 aliphatic heterocycles. The second-order valence-electron chi connectivity index (χ2n) is 4.81. The molecule has 0 aliphatic carbocycles. The lowest BCUT2D eigenvalue weighted by Crippen LogP contribution is -2.24. The molecule has 1 aromatic carbocycles. The van der Waals surface area contributed by atoms with Crippen LogP contribution in [-0.4, -0.2) is 37.3 Å². The predicted molar refractivity (Wildman–Crippen MR) is 71.6 cm³/mol. The number of anilines is 1. The first-order chi connectivity index (χ1) is 9.86. The second kappa shape index (κ2) is 5.80. The van der Waals surface area contributed by atoms with E-state index in [1.165, 1.54) is 12.1 Å². The van der Waals surface area contributed by atoms with Crippen molar-refractivity contribution in [2.45, 2.75) is 18.7 Å². The van der Waals surface area contributed by atoms with E-state index in [0.717, 1.165) is 12.5 Å². The molecular formula is C13H16F3N3O2. The molecule has 0 saturated carbocycles. The van der Waals surface area contributed by atoms with E-state index in [9.17, 15) is 13.2 Å². The van der Waals surface area contributed by atoms with Gasteiger partial charge < -0.3 is 20.6 Å². The summed E-state index contributed by atoms with van der Waals surface area (Å²) >= 11 is 0. The van der Waals surface area contributed by atoms with E-state index < -0.39 is 17.6 Å². The van der Waals surface area contributed by atoms with Gasteiger partial charge in [-0.2, -0.15) is 13.2 Å². The highest BCUT2D eigenvalue weighted by atomic mass is 19.4. The molecule has 3 N–H and O–H groups in total. The van der Waals surface area contributed by atoms with E-state index >= 15 is 0 Å². The van der Waals surface area contributed by atoms with Gasteiger partial charge in [0.15, 0.2) is 5.84 Å². The van der Waals surface area contributed by atoms with Gasteiger partial charge in [-0.3, -0.25) is 0 Å². The average molecular weight is 303 g/mol. The summed E-state index contributed by atoms with van der Waals surface area (Å²) in [6.07, 6.45) is -3.71. The topological polar surface area (TPSA) is 71.1 Å². The van der Waals surface area contributed by atoms with Gasteiger partial charge in [0.2, 0.25) is 0 Å². The lowest BCUT2D eigenvalue weighted by Gasteiger charge is -2.21. The van der Waals surface area contributed by atoms with Crippen LogP contribution in [0.5, 0.6) is 0 Å².